The molecule has 0 atom stereocenters. The molecule has 0 radical (unpaired) electrons. The van der Waals surface area contributed by atoms with E-state index in [9.17, 15) is 0 Å². The molecule has 0 aliphatic carbocycles. The molecule has 0 aromatic heterocycles. The Labute approximate surface area is 89.6 Å². The molecule has 0 amide bonds. The zero-order valence-electron chi connectivity index (χ0n) is 10.6. The van der Waals surface area contributed by atoms with Gasteiger partial charge in [-0.15, -0.1) is 0 Å². The van der Waals surface area contributed by atoms with E-state index in [0.717, 1.165) is 12.1 Å². The van der Waals surface area contributed by atoms with E-state index in [4.69, 9.17) is 0 Å². The van der Waals surface area contributed by atoms with Crippen LogP contribution in [-0.4, -0.2) is 0 Å². The van der Waals surface area contributed by atoms with Crippen LogP contribution < -0.4 is 5.32 Å². The number of rotatable bonds is 1. The largest absolute Gasteiger partial charge is 0.362 e. The second kappa shape index (κ2) is 10.1. The molecule has 0 spiro atoms. The van der Waals surface area contributed by atoms with Crippen LogP contribution in [0.25, 0.3) is 0 Å². The van der Waals surface area contributed by atoms with Gasteiger partial charge in [-0.1, -0.05) is 47.3 Å². The maximum absolute atomic E-state index is 3.84. The number of hydrogen-bond acceptors (Lipinski definition) is 1. The maximum Gasteiger partial charge on any atom is 0.0336 e. The minimum Gasteiger partial charge on any atom is -0.362 e. The fourth-order valence-electron chi connectivity index (χ4n) is 0.905. The predicted molar refractivity (Wildman–Crippen MR) is 67.1 cm³/mol. The summed E-state index contributed by atoms with van der Waals surface area (Å²) in [6.45, 7) is 16.1. The average Bonchev–Trinajstić information content (AvgIpc) is 2.28. The van der Waals surface area contributed by atoms with Crippen molar-refractivity contribution < 1.29 is 0 Å². The molecular weight excluding hydrogens is 170 g/mol. The molecule has 14 heavy (non-hydrogen) atoms. The van der Waals surface area contributed by atoms with Gasteiger partial charge in [0.05, 0.1) is 0 Å². The van der Waals surface area contributed by atoms with Crippen LogP contribution in [0.3, 0.4) is 0 Å². The summed E-state index contributed by atoms with van der Waals surface area (Å²) < 4.78 is 0. The zero-order valence-corrected chi connectivity index (χ0v) is 10.6. The van der Waals surface area contributed by atoms with Crippen LogP contribution in [-0.2, 0) is 0 Å². The maximum atomic E-state index is 3.84. The van der Waals surface area contributed by atoms with E-state index in [0.29, 0.717) is 0 Å². The van der Waals surface area contributed by atoms with Crippen molar-refractivity contribution in [1.82, 2.24) is 5.32 Å². The Morgan fingerprint density at radius 2 is 1.71 bits per heavy atom. The summed E-state index contributed by atoms with van der Waals surface area (Å²) >= 11 is 0. The highest BCUT2D eigenvalue weighted by Gasteiger charge is 2.01. The molecule has 1 heterocycles. The van der Waals surface area contributed by atoms with Crippen molar-refractivity contribution in [3.05, 3.63) is 35.7 Å². The molecular formula is C13H25N. The van der Waals surface area contributed by atoms with Crippen LogP contribution in [0.2, 0.25) is 0 Å². The second-order valence-electron chi connectivity index (χ2n) is 2.52. The van der Waals surface area contributed by atoms with E-state index in [2.05, 4.69) is 31.8 Å². The minimum absolute atomic E-state index is 1.01. The van der Waals surface area contributed by atoms with Gasteiger partial charge in [0, 0.05) is 11.9 Å². The monoisotopic (exact) mass is 195 g/mol. The molecule has 1 aliphatic rings. The first-order valence-corrected chi connectivity index (χ1v) is 5.57. The molecule has 0 saturated carbocycles. The summed E-state index contributed by atoms with van der Waals surface area (Å²) in [4.78, 5) is 0. The first-order chi connectivity index (χ1) is 6.74. The van der Waals surface area contributed by atoms with Crippen molar-refractivity contribution >= 4 is 0 Å². The average molecular weight is 195 g/mol. The topological polar surface area (TPSA) is 12.0 Å². The molecule has 1 nitrogen and oxygen atoms in total. The number of nitrogens with one attached hydrogen (secondary N) is 1. The fraction of sp³-hybridized carbons (Fsp3) is 0.538. The van der Waals surface area contributed by atoms with Crippen LogP contribution >= 0.6 is 0 Å². The smallest absolute Gasteiger partial charge is 0.0336 e. The van der Waals surface area contributed by atoms with E-state index in [1.165, 1.54) is 11.1 Å². The van der Waals surface area contributed by atoms with Gasteiger partial charge in [0.1, 0.15) is 0 Å². The Morgan fingerprint density at radius 1 is 1.21 bits per heavy atom. The molecule has 0 aromatic carbocycles. The molecule has 0 fully saturated rings. The lowest BCUT2D eigenvalue weighted by Gasteiger charge is -2.13. The molecule has 0 bridgehead atoms. The lowest BCUT2D eigenvalue weighted by Crippen LogP contribution is -2.09. The van der Waals surface area contributed by atoms with E-state index < -0.39 is 0 Å². The standard InChI is InChI=1S/C9H13N.2C2H6/c1-4-9-5-7(2)8(3)10-6-9;2*1-2/h5-6,10H,3-4H2,1-2H3;2*1-2H3. The SMILES string of the molecule is C=C1NC=C(CC)C=C1C.CC.CC. The van der Waals surface area contributed by atoms with Crippen molar-refractivity contribution in [3.8, 4) is 0 Å². The predicted octanol–water partition coefficient (Wildman–Crippen LogP) is 4.40. The zero-order chi connectivity index (χ0) is 11.6. The quantitative estimate of drug-likeness (QED) is 0.654. The van der Waals surface area contributed by atoms with Crippen LogP contribution in [0.4, 0.5) is 0 Å². The highest BCUT2D eigenvalue weighted by atomic mass is 14.9. The van der Waals surface area contributed by atoms with Crippen molar-refractivity contribution in [1.29, 1.82) is 0 Å². The normalized spacial score (nSPS) is 13.4. The van der Waals surface area contributed by atoms with Gasteiger partial charge in [-0.2, -0.15) is 0 Å². The van der Waals surface area contributed by atoms with Gasteiger partial charge in [0.15, 0.2) is 0 Å². The first kappa shape index (κ1) is 15.5. The first-order valence-electron chi connectivity index (χ1n) is 5.57. The Bertz CT molecular complexity index is 209. The summed E-state index contributed by atoms with van der Waals surface area (Å²) in [7, 11) is 0. The van der Waals surface area contributed by atoms with E-state index in [1.807, 2.05) is 33.9 Å². The lowest BCUT2D eigenvalue weighted by molar-refractivity contribution is 0.991. The Hall–Kier alpha value is -0.980. The molecule has 0 aromatic rings. The van der Waals surface area contributed by atoms with Crippen molar-refractivity contribution in [2.24, 2.45) is 0 Å². The summed E-state index contributed by atoms with van der Waals surface area (Å²) in [5.41, 5.74) is 3.58. The van der Waals surface area contributed by atoms with E-state index in [-0.39, 0.29) is 0 Å². The minimum atomic E-state index is 1.01. The summed E-state index contributed by atoms with van der Waals surface area (Å²) in [5.74, 6) is 0. The molecule has 0 saturated heterocycles. The number of allylic oxidation sites excluding steroid dienone is 3. The third-order valence-electron chi connectivity index (χ3n) is 1.72. The molecule has 1 N–H and O–H groups in total. The van der Waals surface area contributed by atoms with E-state index >= 15 is 0 Å². The van der Waals surface area contributed by atoms with Crippen LogP contribution in [0, 0.1) is 0 Å². The Morgan fingerprint density at radius 3 is 2.07 bits per heavy atom. The number of hydrogen-bond donors (Lipinski definition) is 1. The summed E-state index contributed by atoms with van der Waals surface area (Å²) in [5, 5.41) is 3.11. The van der Waals surface area contributed by atoms with Crippen LogP contribution in [0.15, 0.2) is 35.7 Å². The summed E-state index contributed by atoms with van der Waals surface area (Å²) in [6, 6.07) is 0. The molecule has 1 rings (SSSR count). The van der Waals surface area contributed by atoms with Crippen molar-refractivity contribution in [2.45, 2.75) is 48.0 Å². The Balaban J connectivity index is 0. The molecule has 1 heteroatoms. The van der Waals surface area contributed by atoms with Gasteiger partial charge in [-0.3, -0.25) is 0 Å². The van der Waals surface area contributed by atoms with Gasteiger partial charge in [0.25, 0.3) is 0 Å². The second-order valence-corrected chi connectivity index (χ2v) is 2.52. The molecule has 1 aliphatic heterocycles. The fourth-order valence-corrected chi connectivity index (χ4v) is 0.905. The lowest BCUT2D eigenvalue weighted by atomic mass is 10.1. The van der Waals surface area contributed by atoms with Crippen molar-refractivity contribution in [3.63, 3.8) is 0 Å². The van der Waals surface area contributed by atoms with Gasteiger partial charge in [-0.25, -0.2) is 0 Å². The number of dihydropyridines is 1. The van der Waals surface area contributed by atoms with Crippen LogP contribution in [0.1, 0.15) is 48.0 Å². The van der Waals surface area contributed by atoms with Gasteiger partial charge in [0.2, 0.25) is 0 Å². The van der Waals surface area contributed by atoms with Gasteiger partial charge >= 0.3 is 0 Å². The molecule has 0 unspecified atom stereocenters. The van der Waals surface area contributed by atoms with Gasteiger partial charge < -0.3 is 5.32 Å². The molecule has 82 valence electrons. The van der Waals surface area contributed by atoms with Crippen molar-refractivity contribution in [2.75, 3.05) is 0 Å². The van der Waals surface area contributed by atoms with E-state index in [1.54, 1.807) is 0 Å². The summed E-state index contributed by atoms with van der Waals surface area (Å²) in [6.07, 6.45) is 5.26. The Kier molecular flexibility index (Phi) is 11.2. The third kappa shape index (κ3) is 5.63. The highest BCUT2D eigenvalue weighted by Crippen LogP contribution is 2.14. The highest BCUT2D eigenvalue weighted by molar-refractivity contribution is 5.38. The van der Waals surface area contributed by atoms with Gasteiger partial charge in [-0.05, 0) is 24.5 Å². The van der Waals surface area contributed by atoms with Crippen LogP contribution in [0.5, 0.6) is 0 Å². The third-order valence-corrected chi connectivity index (χ3v) is 1.72.